The van der Waals surface area contributed by atoms with E-state index in [4.69, 9.17) is 11.5 Å². The van der Waals surface area contributed by atoms with Crippen LogP contribution in [0.3, 0.4) is 0 Å². The highest BCUT2D eigenvalue weighted by Gasteiger charge is 2.06. The molecule has 0 aromatic heterocycles. The first kappa shape index (κ1) is 13.5. The third kappa shape index (κ3) is 5.36. The maximum atomic E-state index is 10.8. The minimum absolute atomic E-state index is 0.251. The summed E-state index contributed by atoms with van der Waals surface area (Å²) in [6.07, 6.45) is 1.46. The first-order valence-electron chi connectivity index (χ1n) is 5.97. The Labute approximate surface area is 103 Å². The van der Waals surface area contributed by atoms with Crippen LogP contribution >= 0.6 is 0 Å². The van der Waals surface area contributed by atoms with Crippen molar-refractivity contribution in [1.82, 2.24) is 4.90 Å². The van der Waals surface area contributed by atoms with Crippen LogP contribution < -0.4 is 11.5 Å². The second-order valence-electron chi connectivity index (χ2n) is 4.24. The summed E-state index contributed by atoms with van der Waals surface area (Å²) in [7, 11) is 0. The van der Waals surface area contributed by atoms with Gasteiger partial charge in [0.15, 0.2) is 0 Å². The molecule has 1 amide bonds. The van der Waals surface area contributed by atoms with Crippen LogP contribution in [0.1, 0.15) is 25.3 Å². The first-order valence-corrected chi connectivity index (χ1v) is 5.97. The highest BCUT2D eigenvalue weighted by atomic mass is 16.1. The second kappa shape index (κ2) is 6.91. The lowest BCUT2D eigenvalue weighted by atomic mass is 10.2. The van der Waals surface area contributed by atoms with Crippen molar-refractivity contribution in [3.8, 4) is 0 Å². The maximum absolute atomic E-state index is 10.8. The average molecular weight is 235 g/mol. The molecule has 0 radical (unpaired) electrons. The smallest absolute Gasteiger partial charge is 0.218 e. The van der Waals surface area contributed by atoms with Gasteiger partial charge in [0.2, 0.25) is 5.91 Å². The van der Waals surface area contributed by atoms with Crippen LogP contribution in [0.4, 0.5) is 5.69 Å². The van der Waals surface area contributed by atoms with Crippen LogP contribution in [-0.2, 0) is 11.3 Å². The van der Waals surface area contributed by atoms with Gasteiger partial charge in [0, 0.05) is 25.2 Å². The number of carbonyl (C=O) groups excluding carboxylic acids is 1. The predicted octanol–water partition coefficient (Wildman–Crippen LogP) is 1.36. The summed E-state index contributed by atoms with van der Waals surface area (Å²) in [4.78, 5) is 13.0. The molecule has 4 nitrogen and oxygen atoms in total. The number of nitrogen functional groups attached to an aromatic ring is 1. The molecule has 0 saturated heterocycles. The Morgan fingerprint density at radius 3 is 2.71 bits per heavy atom. The van der Waals surface area contributed by atoms with Crippen molar-refractivity contribution in [2.24, 2.45) is 5.73 Å². The Kier molecular flexibility index (Phi) is 5.49. The number of carbonyl (C=O) groups is 1. The average Bonchev–Trinajstić information content (AvgIpc) is 2.26. The Morgan fingerprint density at radius 1 is 1.35 bits per heavy atom. The number of rotatable bonds is 7. The Bertz CT molecular complexity index is 365. The topological polar surface area (TPSA) is 72.3 Å². The molecule has 1 aromatic rings. The van der Waals surface area contributed by atoms with Gasteiger partial charge in [-0.3, -0.25) is 9.69 Å². The van der Waals surface area contributed by atoms with Crippen molar-refractivity contribution >= 4 is 11.6 Å². The van der Waals surface area contributed by atoms with Gasteiger partial charge in [0.1, 0.15) is 0 Å². The van der Waals surface area contributed by atoms with Crippen molar-refractivity contribution < 1.29 is 4.79 Å². The zero-order valence-electron chi connectivity index (χ0n) is 10.4. The minimum Gasteiger partial charge on any atom is -0.399 e. The normalized spacial score (nSPS) is 10.7. The molecule has 0 atom stereocenters. The zero-order valence-corrected chi connectivity index (χ0v) is 10.4. The fraction of sp³-hybridized carbons (Fsp3) is 0.462. The highest BCUT2D eigenvalue weighted by Crippen LogP contribution is 2.10. The van der Waals surface area contributed by atoms with Gasteiger partial charge in [-0.15, -0.1) is 0 Å². The fourth-order valence-electron chi connectivity index (χ4n) is 1.80. The van der Waals surface area contributed by atoms with Crippen LogP contribution in [-0.4, -0.2) is 23.9 Å². The number of hydrogen-bond acceptors (Lipinski definition) is 3. The molecule has 0 unspecified atom stereocenters. The van der Waals surface area contributed by atoms with Gasteiger partial charge in [-0.2, -0.15) is 0 Å². The van der Waals surface area contributed by atoms with E-state index in [1.807, 2.05) is 24.3 Å². The predicted molar refractivity (Wildman–Crippen MR) is 70.2 cm³/mol. The van der Waals surface area contributed by atoms with Gasteiger partial charge in [0.25, 0.3) is 0 Å². The molecule has 1 rings (SSSR count). The van der Waals surface area contributed by atoms with E-state index in [0.717, 1.165) is 25.2 Å². The molecule has 0 aliphatic carbocycles. The van der Waals surface area contributed by atoms with Gasteiger partial charge < -0.3 is 11.5 Å². The molecule has 0 heterocycles. The molecule has 0 bridgehead atoms. The SMILES string of the molecule is CCCN(CCC(N)=O)Cc1cccc(N)c1. The van der Waals surface area contributed by atoms with E-state index in [-0.39, 0.29) is 5.91 Å². The van der Waals surface area contributed by atoms with Crippen LogP contribution in [0.2, 0.25) is 0 Å². The summed E-state index contributed by atoms with van der Waals surface area (Å²) in [6, 6.07) is 7.83. The lowest BCUT2D eigenvalue weighted by Crippen LogP contribution is -2.28. The van der Waals surface area contributed by atoms with Gasteiger partial charge in [0.05, 0.1) is 0 Å². The molecular formula is C13H21N3O. The molecule has 0 saturated carbocycles. The van der Waals surface area contributed by atoms with Crippen LogP contribution in [0.15, 0.2) is 24.3 Å². The van der Waals surface area contributed by atoms with E-state index < -0.39 is 0 Å². The quantitative estimate of drug-likeness (QED) is 0.701. The van der Waals surface area contributed by atoms with Crippen molar-refractivity contribution in [2.75, 3.05) is 18.8 Å². The molecule has 4 N–H and O–H groups in total. The van der Waals surface area contributed by atoms with E-state index in [1.54, 1.807) is 0 Å². The van der Waals surface area contributed by atoms with Gasteiger partial charge in [-0.05, 0) is 30.7 Å². The second-order valence-corrected chi connectivity index (χ2v) is 4.24. The van der Waals surface area contributed by atoms with Crippen molar-refractivity contribution in [1.29, 1.82) is 0 Å². The molecular weight excluding hydrogens is 214 g/mol. The molecule has 4 heteroatoms. The Balaban J connectivity index is 2.56. The number of anilines is 1. The zero-order chi connectivity index (χ0) is 12.7. The number of nitrogens with zero attached hydrogens (tertiary/aromatic N) is 1. The van der Waals surface area contributed by atoms with Crippen LogP contribution in [0.25, 0.3) is 0 Å². The number of amides is 1. The van der Waals surface area contributed by atoms with E-state index in [0.29, 0.717) is 13.0 Å². The lowest BCUT2D eigenvalue weighted by Gasteiger charge is -2.21. The minimum atomic E-state index is -0.251. The Hall–Kier alpha value is -1.55. The number of benzene rings is 1. The lowest BCUT2D eigenvalue weighted by molar-refractivity contribution is -0.118. The van der Waals surface area contributed by atoms with Gasteiger partial charge >= 0.3 is 0 Å². The molecule has 0 aliphatic heterocycles. The summed E-state index contributed by atoms with van der Waals surface area (Å²) in [5.74, 6) is -0.251. The standard InChI is InChI=1S/C13H21N3O/c1-2-7-16(8-6-13(15)17)10-11-4-3-5-12(14)9-11/h3-5,9H,2,6-8,10,14H2,1H3,(H2,15,17). The summed E-state index contributed by atoms with van der Waals surface area (Å²) >= 11 is 0. The highest BCUT2D eigenvalue weighted by molar-refractivity contribution is 5.73. The molecule has 17 heavy (non-hydrogen) atoms. The molecule has 0 spiro atoms. The first-order chi connectivity index (χ1) is 8.11. The van der Waals surface area contributed by atoms with Crippen molar-refractivity contribution in [3.05, 3.63) is 29.8 Å². The summed E-state index contributed by atoms with van der Waals surface area (Å²) in [5.41, 5.74) is 12.8. The number of primary amides is 1. The van der Waals surface area contributed by atoms with E-state index >= 15 is 0 Å². The van der Waals surface area contributed by atoms with Crippen LogP contribution in [0.5, 0.6) is 0 Å². The molecule has 94 valence electrons. The van der Waals surface area contributed by atoms with Gasteiger partial charge in [-0.1, -0.05) is 19.1 Å². The van der Waals surface area contributed by atoms with E-state index in [9.17, 15) is 4.79 Å². The monoisotopic (exact) mass is 235 g/mol. The van der Waals surface area contributed by atoms with Gasteiger partial charge in [-0.25, -0.2) is 0 Å². The number of hydrogen-bond donors (Lipinski definition) is 2. The fourth-order valence-corrected chi connectivity index (χ4v) is 1.80. The summed E-state index contributed by atoms with van der Waals surface area (Å²) in [5, 5.41) is 0. The third-order valence-electron chi connectivity index (χ3n) is 2.57. The molecule has 0 fully saturated rings. The van der Waals surface area contributed by atoms with E-state index in [1.165, 1.54) is 5.56 Å². The largest absolute Gasteiger partial charge is 0.399 e. The summed E-state index contributed by atoms with van der Waals surface area (Å²) in [6.45, 7) is 4.60. The molecule has 1 aromatic carbocycles. The van der Waals surface area contributed by atoms with Crippen LogP contribution in [0, 0.1) is 0 Å². The van der Waals surface area contributed by atoms with E-state index in [2.05, 4.69) is 11.8 Å². The summed E-state index contributed by atoms with van der Waals surface area (Å²) < 4.78 is 0. The third-order valence-corrected chi connectivity index (χ3v) is 2.57. The maximum Gasteiger partial charge on any atom is 0.218 e. The molecule has 0 aliphatic rings. The Morgan fingerprint density at radius 2 is 2.12 bits per heavy atom. The van der Waals surface area contributed by atoms with Crippen molar-refractivity contribution in [3.63, 3.8) is 0 Å². The number of nitrogens with two attached hydrogens (primary N) is 2. The van der Waals surface area contributed by atoms with Crippen molar-refractivity contribution in [2.45, 2.75) is 26.3 Å².